The molecule has 6 N–H and O–H groups in total. The maximum Gasteiger partial charge on any atom is 0.320 e. The van der Waals surface area contributed by atoms with E-state index in [-0.39, 0.29) is 0 Å². The molecule has 6 heteroatoms. The molecule has 16 heavy (non-hydrogen) atoms. The largest absolute Gasteiger partial charge is 0.480 e. The summed E-state index contributed by atoms with van der Waals surface area (Å²) in [5.41, 5.74) is 10.3. The number of nitrogens with two attached hydrogens (primary N) is 2. The van der Waals surface area contributed by atoms with Crippen LogP contribution >= 0.6 is 0 Å². The van der Waals surface area contributed by atoms with Crippen LogP contribution in [0.5, 0.6) is 0 Å². The number of hydrogen-bond donors (Lipinski definition) is 4. The van der Waals surface area contributed by atoms with Crippen LogP contribution in [0.4, 0.5) is 0 Å². The van der Waals surface area contributed by atoms with Gasteiger partial charge in [0.1, 0.15) is 12.1 Å². The van der Waals surface area contributed by atoms with Crippen molar-refractivity contribution in [2.75, 3.05) is 0 Å². The Morgan fingerprint density at radius 2 is 1.19 bits per heavy atom. The third-order valence-corrected chi connectivity index (χ3v) is 1.83. The first-order valence-corrected chi connectivity index (χ1v) is 5.33. The first-order valence-electron chi connectivity index (χ1n) is 5.33. The van der Waals surface area contributed by atoms with Gasteiger partial charge >= 0.3 is 11.9 Å². The van der Waals surface area contributed by atoms with Crippen LogP contribution in [0.3, 0.4) is 0 Å². The number of rotatable bonds is 6. The average molecular weight is 234 g/mol. The molecule has 0 fully saturated rings. The van der Waals surface area contributed by atoms with Crippen molar-refractivity contribution < 1.29 is 19.8 Å². The van der Waals surface area contributed by atoms with Crippen molar-refractivity contribution in [1.29, 1.82) is 0 Å². The topological polar surface area (TPSA) is 127 Å². The highest BCUT2D eigenvalue weighted by Gasteiger charge is 2.08. The fraction of sp³-hybridized carbons (Fsp3) is 0.800. The van der Waals surface area contributed by atoms with Crippen LogP contribution in [-0.4, -0.2) is 34.2 Å². The summed E-state index contributed by atoms with van der Waals surface area (Å²) in [6.45, 7) is 3.81. The monoisotopic (exact) mass is 234 g/mol. The molecule has 2 atom stereocenters. The first kappa shape index (κ1) is 17.3. The number of aliphatic carboxylic acids is 2. The minimum absolute atomic E-state index is 0.565. The van der Waals surface area contributed by atoms with Crippen LogP contribution in [0.2, 0.25) is 0 Å². The van der Waals surface area contributed by atoms with Gasteiger partial charge in [-0.05, 0) is 12.8 Å². The fourth-order valence-corrected chi connectivity index (χ4v) is 0.869. The summed E-state index contributed by atoms with van der Waals surface area (Å²) in [6.07, 6.45) is 2.78. The molecule has 0 aromatic heterocycles. The molecule has 0 spiro atoms. The molecule has 0 aromatic rings. The highest BCUT2D eigenvalue weighted by molar-refractivity contribution is 5.73. The van der Waals surface area contributed by atoms with Crippen LogP contribution in [0, 0.1) is 0 Å². The highest BCUT2D eigenvalue weighted by atomic mass is 16.4. The normalized spacial score (nSPS) is 13.2. The minimum Gasteiger partial charge on any atom is -0.480 e. The van der Waals surface area contributed by atoms with Gasteiger partial charge in [-0.1, -0.05) is 26.7 Å². The first-order chi connectivity index (χ1) is 7.36. The molecule has 0 aromatic carbocycles. The Hall–Kier alpha value is -1.14. The molecule has 96 valence electrons. The lowest BCUT2D eigenvalue weighted by Crippen LogP contribution is -2.29. The molecule has 2 unspecified atom stereocenters. The maximum atomic E-state index is 9.96. The fourth-order valence-electron chi connectivity index (χ4n) is 0.869. The highest BCUT2D eigenvalue weighted by Crippen LogP contribution is 1.91. The van der Waals surface area contributed by atoms with Crippen LogP contribution in [0.25, 0.3) is 0 Å². The zero-order valence-corrected chi connectivity index (χ0v) is 9.85. The van der Waals surface area contributed by atoms with Crippen molar-refractivity contribution in [3.8, 4) is 0 Å². The van der Waals surface area contributed by atoms with Crippen LogP contribution in [0.15, 0.2) is 0 Å². The molecule has 0 saturated heterocycles. The lowest BCUT2D eigenvalue weighted by Gasteiger charge is -2.00. The predicted octanol–water partition coefficient (Wildman–Crippen LogP) is 0.397. The zero-order chi connectivity index (χ0) is 13.1. The molecule has 6 nitrogen and oxygen atoms in total. The Labute approximate surface area is 95.6 Å². The Morgan fingerprint density at radius 1 is 0.938 bits per heavy atom. The minimum atomic E-state index is -0.910. The van der Waals surface area contributed by atoms with Gasteiger partial charge in [-0.3, -0.25) is 9.59 Å². The van der Waals surface area contributed by atoms with Gasteiger partial charge in [-0.15, -0.1) is 0 Å². The van der Waals surface area contributed by atoms with Gasteiger partial charge in [-0.25, -0.2) is 0 Å². The maximum absolute atomic E-state index is 9.96. The Bertz CT molecular complexity index is 187. The smallest absolute Gasteiger partial charge is 0.320 e. The molecule has 0 aliphatic heterocycles. The van der Waals surface area contributed by atoms with Crippen molar-refractivity contribution in [2.24, 2.45) is 11.5 Å². The van der Waals surface area contributed by atoms with E-state index < -0.39 is 24.0 Å². The van der Waals surface area contributed by atoms with E-state index in [4.69, 9.17) is 21.7 Å². The molecule has 0 bridgehead atoms. The summed E-state index contributed by atoms with van der Waals surface area (Å²) in [7, 11) is 0. The number of carboxylic acids is 2. The molecule has 0 aliphatic carbocycles. The summed E-state index contributed by atoms with van der Waals surface area (Å²) in [6, 6.07) is -1.33. The third kappa shape index (κ3) is 10.9. The second-order valence-electron chi connectivity index (χ2n) is 3.47. The summed E-state index contributed by atoms with van der Waals surface area (Å²) < 4.78 is 0. The molecule has 0 saturated carbocycles. The van der Waals surface area contributed by atoms with Gasteiger partial charge in [0, 0.05) is 0 Å². The lowest BCUT2D eigenvalue weighted by molar-refractivity contribution is -0.139. The zero-order valence-electron chi connectivity index (χ0n) is 9.85. The summed E-state index contributed by atoms with van der Waals surface area (Å²) in [5.74, 6) is -1.82. The summed E-state index contributed by atoms with van der Waals surface area (Å²) >= 11 is 0. The predicted molar refractivity (Wildman–Crippen MR) is 61.0 cm³/mol. The van der Waals surface area contributed by atoms with Crippen LogP contribution in [-0.2, 0) is 9.59 Å². The Morgan fingerprint density at radius 3 is 1.25 bits per heavy atom. The quantitative estimate of drug-likeness (QED) is 0.526. The summed E-state index contributed by atoms with van der Waals surface area (Å²) in [4.78, 5) is 19.9. The second kappa shape index (κ2) is 10.4. The summed E-state index contributed by atoms with van der Waals surface area (Å²) in [5, 5.41) is 16.4. The molecule has 0 amide bonds. The van der Waals surface area contributed by atoms with E-state index >= 15 is 0 Å². The van der Waals surface area contributed by atoms with E-state index in [0.717, 1.165) is 12.8 Å². The van der Waals surface area contributed by atoms with Gasteiger partial charge in [0.25, 0.3) is 0 Å². The molecule has 0 radical (unpaired) electrons. The Kier molecular flexibility index (Phi) is 11.2. The number of hydrogen-bond acceptors (Lipinski definition) is 4. The molecule has 0 aliphatic rings. The van der Waals surface area contributed by atoms with Crippen LogP contribution in [0.1, 0.15) is 39.5 Å². The molecule has 0 heterocycles. The SMILES string of the molecule is CCCC(N)C(=O)O.CCCC(N)C(=O)O. The van der Waals surface area contributed by atoms with Crippen molar-refractivity contribution in [3.05, 3.63) is 0 Å². The van der Waals surface area contributed by atoms with Gasteiger partial charge in [0.15, 0.2) is 0 Å². The van der Waals surface area contributed by atoms with Crippen molar-refractivity contribution in [2.45, 2.75) is 51.6 Å². The van der Waals surface area contributed by atoms with Crippen molar-refractivity contribution >= 4 is 11.9 Å². The van der Waals surface area contributed by atoms with E-state index in [1.165, 1.54) is 0 Å². The van der Waals surface area contributed by atoms with E-state index in [9.17, 15) is 9.59 Å². The van der Waals surface area contributed by atoms with Crippen LogP contribution < -0.4 is 11.5 Å². The van der Waals surface area contributed by atoms with Crippen molar-refractivity contribution in [3.63, 3.8) is 0 Å². The van der Waals surface area contributed by atoms with E-state index in [1.54, 1.807) is 0 Å². The van der Waals surface area contributed by atoms with Gasteiger partial charge in [-0.2, -0.15) is 0 Å². The Balaban J connectivity index is 0. The number of carboxylic acid groups (broad SMARTS) is 2. The van der Waals surface area contributed by atoms with Gasteiger partial charge in [0.05, 0.1) is 0 Å². The average Bonchev–Trinajstić information content (AvgIpc) is 2.19. The second-order valence-corrected chi connectivity index (χ2v) is 3.47. The number of carbonyl (C=O) groups is 2. The third-order valence-electron chi connectivity index (χ3n) is 1.83. The van der Waals surface area contributed by atoms with Gasteiger partial charge in [0.2, 0.25) is 0 Å². The molecular formula is C10H22N2O4. The molecular weight excluding hydrogens is 212 g/mol. The van der Waals surface area contributed by atoms with Crippen molar-refractivity contribution in [1.82, 2.24) is 0 Å². The van der Waals surface area contributed by atoms with Gasteiger partial charge < -0.3 is 21.7 Å². The molecule has 0 rings (SSSR count). The van der Waals surface area contributed by atoms with E-state index in [2.05, 4.69) is 0 Å². The van der Waals surface area contributed by atoms with E-state index in [0.29, 0.717) is 12.8 Å². The lowest BCUT2D eigenvalue weighted by atomic mass is 10.2. The standard InChI is InChI=1S/2C5H11NO2/c2*1-2-3-4(6)5(7)8/h2*4H,2-3,6H2,1H3,(H,7,8). The van der Waals surface area contributed by atoms with E-state index in [1.807, 2.05) is 13.8 Å².